The molecule has 12 heteroatoms. The van der Waals surface area contributed by atoms with Gasteiger partial charge in [-0.15, -0.1) is 0 Å². The van der Waals surface area contributed by atoms with Gasteiger partial charge < -0.3 is 10.2 Å². The Kier molecular flexibility index (Phi) is 9.66. The third-order valence-corrected chi connectivity index (χ3v) is 8.00. The molecule has 200 valence electrons. The number of nitrogens with zero attached hydrogens (tertiary/aromatic N) is 3. The van der Waals surface area contributed by atoms with Gasteiger partial charge in [0.25, 0.3) is 5.69 Å². The predicted octanol–water partition coefficient (Wildman–Crippen LogP) is 3.99. The van der Waals surface area contributed by atoms with E-state index < -0.39 is 33.4 Å². The molecule has 3 rings (SSSR count). The van der Waals surface area contributed by atoms with Crippen LogP contribution in [-0.4, -0.2) is 54.9 Å². The molecule has 1 aliphatic carbocycles. The van der Waals surface area contributed by atoms with Crippen LogP contribution in [0.25, 0.3) is 0 Å². The van der Waals surface area contributed by atoms with E-state index in [0.29, 0.717) is 0 Å². The van der Waals surface area contributed by atoms with Crippen molar-refractivity contribution in [2.45, 2.75) is 57.7 Å². The Morgan fingerprint density at radius 1 is 1.14 bits per heavy atom. The minimum Gasteiger partial charge on any atom is -0.352 e. The summed E-state index contributed by atoms with van der Waals surface area (Å²) in [6, 6.07) is 11.5. The first-order valence-corrected chi connectivity index (χ1v) is 14.7. The van der Waals surface area contributed by atoms with Gasteiger partial charge in [-0.05, 0) is 43.5 Å². The summed E-state index contributed by atoms with van der Waals surface area (Å²) in [5, 5.41) is 14.3. The third kappa shape index (κ3) is 8.00. The number of nitro benzene ring substituents is 1. The number of sulfonamides is 1. The number of nitrogens with one attached hydrogen (secondary N) is 1. The fraction of sp³-hybridized carbons (Fsp3) is 0.440. The van der Waals surface area contributed by atoms with Crippen molar-refractivity contribution in [2.24, 2.45) is 0 Å². The second-order valence-corrected chi connectivity index (χ2v) is 12.0. The Bertz CT molecular complexity index is 1250. The van der Waals surface area contributed by atoms with Crippen LogP contribution in [0, 0.1) is 10.1 Å². The van der Waals surface area contributed by atoms with Crippen molar-refractivity contribution in [3.05, 3.63) is 68.7 Å². The van der Waals surface area contributed by atoms with E-state index in [1.807, 2.05) is 18.2 Å². The van der Waals surface area contributed by atoms with Crippen LogP contribution < -0.4 is 9.62 Å². The molecule has 10 nitrogen and oxygen atoms in total. The van der Waals surface area contributed by atoms with Gasteiger partial charge in [-0.3, -0.25) is 24.0 Å². The van der Waals surface area contributed by atoms with Crippen molar-refractivity contribution >= 4 is 49.1 Å². The molecule has 0 unspecified atom stereocenters. The quantitative estimate of drug-likeness (QED) is 0.327. The van der Waals surface area contributed by atoms with Gasteiger partial charge in [-0.1, -0.05) is 53.4 Å². The van der Waals surface area contributed by atoms with Crippen LogP contribution in [0.5, 0.6) is 0 Å². The molecule has 0 aromatic heterocycles. The summed E-state index contributed by atoms with van der Waals surface area (Å²) in [6.07, 6.45) is 5.89. The molecule has 2 amide bonds. The highest BCUT2D eigenvalue weighted by Crippen LogP contribution is 2.24. The maximum absolute atomic E-state index is 13.6. The third-order valence-electron chi connectivity index (χ3n) is 6.37. The summed E-state index contributed by atoms with van der Waals surface area (Å²) in [5.41, 5.74) is 0.442. The van der Waals surface area contributed by atoms with E-state index in [0.717, 1.165) is 58.8 Å². The summed E-state index contributed by atoms with van der Waals surface area (Å²) >= 11 is 3.41. The maximum Gasteiger partial charge on any atom is 0.271 e. The highest BCUT2D eigenvalue weighted by molar-refractivity contribution is 9.10. The van der Waals surface area contributed by atoms with Gasteiger partial charge in [-0.25, -0.2) is 8.42 Å². The molecule has 1 N–H and O–H groups in total. The topological polar surface area (TPSA) is 130 Å². The summed E-state index contributed by atoms with van der Waals surface area (Å²) < 4.78 is 26.9. The minimum atomic E-state index is -3.98. The number of amides is 2. The van der Waals surface area contributed by atoms with E-state index in [1.165, 1.54) is 23.1 Å². The molecule has 0 bridgehead atoms. The summed E-state index contributed by atoms with van der Waals surface area (Å²) in [6.45, 7) is 1.07. The number of hydrogen-bond acceptors (Lipinski definition) is 6. The number of nitro groups is 1. The number of benzene rings is 2. The number of non-ortho nitro benzene ring substituents is 1. The molecular weight excluding hydrogens is 564 g/mol. The first-order valence-electron chi connectivity index (χ1n) is 12.0. The van der Waals surface area contributed by atoms with Crippen molar-refractivity contribution < 1.29 is 22.9 Å². The zero-order valence-corrected chi connectivity index (χ0v) is 23.2. The standard InChI is InChI=1S/C25H31BrN4O6S/c1-18(25(32)27-21-10-4-3-5-11-21)28(16-19-8-6-9-20(26)14-19)24(31)17-29(37(2,35)36)22-12-7-13-23(15-22)30(33)34/h6-9,12-15,18,21H,3-5,10-11,16-17H2,1-2H3,(H,27,32)/t18-/m1/s1. The second kappa shape index (κ2) is 12.5. The lowest BCUT2D eigenvalue weighted by Crippen LogP contribution is -2.52. The Morgan fingerprint density at radius 3 is 2.43 bits per heavy atom. The highest BCUT2D eigenvalue weighted by atomic mass is 79.9. The van der Waals surface area contributed by atoms with Gasteiger partial charge >= 0.3 is 0 Å². The normalized spacial score (nSPS) is 15.0. The van der Waals surface area contributed by atoms with Crippen molar-refractivity contribution in [3.63, 3.8) is 0 Å². The molecule has 1 fully saturated rings. The van der Waals surface area contributed by atoms with Crippen LogP contribution in [-0.2, 0) is 26.2 Å². The molecule has 0 radical (unpaired) electrons. The second-order valence-electron chi connectivity index (χ2n) is 9.22. The monoisotopic (exact) mass is 594 g/mol. The predicted molar refractivity (Wildman–Crippen MR) is 144 cm³/mol. The average Bonchev–Trinajstić information content (AvgIpc) is 2.85. The lowest BCUT2D eigenvalue weighted by molar-refractivity contribution is -0.384. The van der Waals surface area contributed by atoms with E-state index in [-0.39, 0.29) is 29.9 Å². The SMILES string of the molecule is C[C@H](C(=O)NC1CCCCC1)N(Cc1cccc(Br)c1)C(=O)CN(c1cccc([N+](=O)[O-])c1)S(C)(=O)=O. The van der Waals surface area contributed by atoms with Crippen LogP contribution in [0.3, 0.4) is 0 Å². The average molecular weight is 596 g/mol. The van der Waals surface area contributed by atoms with Gasteiger partial charge in [0.15, 0.2) is 0 Å². The van der Waals surface area contributed by atoms with Crippen LogP contribution >= 0.6 is 15.9 Å². The van der Waals surface area contributed by atoms with Crippen LogP contribution in [0.4, 0.5) is 11.4 Å². The van der Waals surface area contributed by atoms with Gasteiger partial charge in [0.05, 0.1) is 16.9 Å². The van der Waals surface area contributed by atoms with Crippen molar-refractivity contribution in [1.29, 1.82) is 0 Å². The molecule has 2 aromatic rings. The zero-order valence-electron chi connectivity index (χ0n) is 20.8. The Hall–Kier alpha value is -2.99. The van der Waals surface area contributed by atoms with Crippen LogP contribution in [0.15, 0.2) is 53.0 Å². The smallest absolute Gasteiger partial charge is 0.271 e. The number of hydrogen-bond donors (Lipinski definition) is 1. The lowest BCUT2D eigenvalue weighted by atomic mass is 9.95. The van der Waals surface area contributed by atoms with Crippen molar-refractivity contribution in [3.8, 4) is 0 Å². The molecule has 2 aromatic carbocycles. The largest absolute Gasteiger partial charge is 0.352 e. The van der Waals surface area contributed by atoms with Crippen LogP contribution in [0.2, 0.25) is 0 Å². The molecule has 0 spiro atoms. The molecule has 1 aliphatic rings. The molecule has 0 aliphatic heterocycles. The number of carbonyl (C=O) groups is 2. The molecular formula is C25H31BrN4O6S. The van der Waals surface area contributed by atoms with Gasteiger partial charge in [-0.2, -0.15) is 0 Å². The first kappa shape index (κ1) is 28.6. The van der Waals surface area contributed by atoms with Crippen molar-refractivity contribution in [2.75, 3.05) is 17.1 Å². The number of anilines is 1. The summed E-state index contributed by atoms with van der Waals surface area (Å²) in [7, 11) is -3.98. The van der Waals surface area contributed by atoms with E-state index in [2.05, 4.69) is 21.2 Å². The van der Waals surface area contributed by atoms with Crippen molar-refractivity contribution in [1.82, 2.24) is 10.2 Å². The molecule has 0 saturated heterocycles. The zero-order chi connectivity index (χ0) is 27.2. The maximum atomic E-state index is 13.6. The van der Waals surface area contributed by atoms with E-state index >= 15 is 0 Å². The minimum absolute atomic E-state index is 0.00762. The molecule has 1 saturated carbocycles. The molecule has 1 atom stereocenters. The van der Waals surface area contributed by atoms with Gasteiger partial charge in [0.2, 0.25) is 21.8 Å². The lowest BCUT2D eigenvalue weighted by Gasteiger charge is -2.33. The number of halogens is 1. The Morgan fingerprint density at radius 2 is 1.81 bits per heavy atom. The van der Waals surface area contributed by atoms with Gasteiger partial charge in [0.1, 0.15) is 12.6 Å². The van der Waals surface area contributed by atoms with E-state index in [9.17, 15) is 28.1 Å². The van der Waals surface area contributed by atoms with Crippen LogP contribution in [0.1, 0.15) is 44.6 Å². The molecule has 0 heterocycles. The van der Waals surface area contributed by atoms with E-state index in [1.54, 1.807) is 13.0 Å². The summed E-state index contributed by atoms with van der Waals surface area (Å²) in [5.74, 6) is -0.917. The summed E-state index contributed by atoms with van der Waals surface area (Å²) in [4.78, 5) is 38.7. The highest BCUT2D eigenvalue weighted by Gasteiger charge is 2.31. The Balaban J connectivity index is 1.90. The number of rotatable bonds is 10. The number of carbonyl (C=O) groups excluding carboxylic acids is 2. The fourth-order valence-electron chi connectivity index (χ4n) is 4.36. The fourth-order valence-corrected chi connectivity index (χ4v) is 5.65. The first-order chi connectivity index (χ1) is 17.5. The van der Waals surface area contributed by atoms with Gasteiger partial charge in [0, 0.05) is 29.2 Å². The Labute approximate surface area is 225 Å². The molecule has 37 heavy (non-hydrogen) atoms. The van der Waals surface area contributed by atoms with E-state index in [4.69, 9.17) is 0 Å².